The van der Waals surface area contributed by atoms with Crippen molar-refractivity contribution in [2.24, 2.45) is 0 Å². The van der Waals surface area contributed by atoms with Gasteiger partial charge in [-0.15, -0.1) is 25.3 Å². The summed E-state index contributed by atoms with van der Waals surface area (Å²) < 4.78 is 0. The average molecular weight is 174 g/mol. The van der Waals surface area contributed by atoms with E-state index in [0.29, 0.717) is 9.79 Å². The van der Waals surface area contributed by atoms with E-state index in [-0.39, 0.29) is 11.5 Å². The van der Waals surface area contributed by atoms with Crippen molar-refractivity contribution in [1.82, 2.24) is 0 Å². The highest BCUT2D eigenvalue weighted by Crippen LogP contribution is 2.33. The lowest BCUT2D eigenvalue weighted by molar-refractivity contribution is 0.393. The molecular weight excluding hydrogens is 168 g/mol. The third kappa shape index (κ3) is 1.33. The van der Waals surface area contributed by atoms with Crippen molar-refractivity contribution < 1.29 is 10.2 Å². The molecule has 0 bridgehead atoms. The minimum Gasteiger partial charge on any atom is -0.504 e. The van der Waals surface area contributed by atoms with Gasteiger partial charge in [-0.1, -0.05) is 0 Å². The van der Waals surface area contributed by atoms with Crippen LogP contribution in [0.4, 0.5) is 0 Å². The van der Waals surface area contributed by atoms with Gasteiger partial charge in [0.25, 0.3) is 0 Å². The van der Waals surface area contributed by atoms with E-state index in [2.05, 4.69) is 25.3 Å². The van der Waals surface area contributed by atoms with E-state index < -0.39 is 0 Å². The molecule has 1 aromatic carbocycles. The molecule has 0 amide bonds. The zero-order chi connectivity index (χ0) is 7.72. The number of benzene rings is 1. The van der Waals surface area contributed by atoms with Crippen LogP contribution in [0.2, 0.25) is 0 Å². The van der Waals surface area contributed by atoms with Crippen molar-refractivity contribution in [3.05, 3.63) is 12.1 Å². The highest BCUT2D eigenvalue weighted by molar-refractivity contribution is 7.81. The Kier molecular flexibility index (Phi) is 2.01. The predicted molar refractivity (Wildman–Crippen MR) is 44.3 cm³/mol. The average Bonchev–Trinajstić information content (AvgIpc) is 1.82. The second-order valence-corrected chi connectivity index (χ2v) is 2.83. The van der Waals surface area contributed by atoms with Crippen molar-refractivity contribution in [1.29, 1.82) is 0 Å². The normalized spacial score (nSPS) is 9.80. The molecule has 0 aliphatic rings. The summed E-state index contributed by atoms with van der Waals surface area (Å²) in [5, 5.41) is 17.9. The molecule has 10 heavy (non-hydrogen) atoms. The molecule has 2 N–H and O–H groups in total. The van der Waals surface area contributed by atoms with Gasteiger partial charge in [0.05, 0.1) is 4.90 Å². The zero-order valence-corrected chi connectivity index (χ0v) is 6.73. The summed E-state index contributed by atoms with van der Waals surface area (Å²) in [6, 6.07) is 2.89. The zero-order valence-electron chi connectivity index (χ0n) is 4.94. The van der Waals surface area contributed by atoms with E-state index in [1.165, 1.54) is 6.07 Å². The molecule has 0 spiro atoms. The van der Waals surface area contributed by atoms with Gasteiger partial charge in [0, 0.05) is 4.90 Å². The largest absolute Gasteiger partial charge is 0.504 e. The highest BCUT2D eigenvalue weighted by atomic mass is 32.1. The molecule has 0 aliphatic heterocycles. The Morgan fingerprint density at radius 2 is 1.70 bits per heavy atom. The smallest absolute Gasteiger partial charge is 0.171 e. The van der Waals surface area contributed by atoms with E-state index in [1.807, 2.05) is 0 Å². The van der Waals surface area contributed by atoms with Crippen LogP contribution in [0.1, 0.15) is 0 Å². The summed E-state index contributed by atoms with van der Waals surface area (Å²) >= 11 is 7.83. The van der Waals surface area contributed by atoms with E-state index in [0.717, 1.165) is 0 Å². The summed E-state index contributed by atoms with van der Waals surface area (Å²) in [7, 11) is 0. The molecule has 0 atom stereocenters. The molecule has 4 heteroatoms. The number of phenols is 2. The molecule has 0 aliphatic carbocycles. The third-order valence-corrected chi connectivity index (χ3v) is 1.65. The number of thiol groups is 2. The molecule has 0 saturated heterocycles. The number of rotatable bonds is 0. The van der Waals surface area contributed by atoms with Gasteiger partial charge in [0.1, 0.15) is 0 Å². The minimum absolute atomic E-state index is 0.197. The Morgan fingerprint density at radius 3 is 2.20 bits per heavy atom. The Labute approximate surface area is 69.3 Å². The first kappa shape index (κ1) is 7.63. The van der Waals surface area contributed by atoms with Gasteiger partial charge in [0.15, 0.2) is 11.5 Å². The van der Waals surface area contributed by atoms with Crippen molar-refractivity contribution in [3.63, 3.8) is 0 Å². The van der Waals surface area contributed by atoms with E-state index in [4.69, 9.17) is 10.2 Å². The molecule has 54 valence electrons. The maximum Gasteiger partial charge on any atom is 0.171 e. The maximum atomic E-state index is 8.97. The number of aromatic hydroxyl groups is 2. The van der Waals surface area contributed by atoms with Gasteiger partial charge in [-0.25, -0.2) is 0 Å². The van der Waals surface area contributed by atoms with Crippen LogP contribution in [-0.2, 0) is 0 Å². The van der Waals surface area contributed by atoms with Gasteiger partial charge < -0.3 is 10.2 Å². The van der Waals surface area contributed by atoms with Crippen molar-refractivity contribution in [3.8, 4) is 11.5 Å². The van der Waals surface area contributed by atoms with Gasteiger partial charge in [-0.3, -0.25) is 0 Å². The van der Waals surface area contributed by atoms with E-state index in [9.17, 15) is 0 Å². The van der Waals surface area contributed by atoms with Gasteiger partial charge in [0.2, 0.25) is 0 Å². The van der Waals surface area contributed by atoms with Crippen molar-refractivity contribution in [2.45, 2.75) is 9.79 Å². The Balaban J connectivity index is 3.31. The van der Waals surface area contributed by atoms with Crippen molar-refractivity contribution >= 4 is 25.3 Å². The first-order valence-corrected chi connectivity index (χ1v) is 3.44. The summed E-state index contributed by atoms with van der Waals surface area (Å²) in [4.78, 5) is 0.894. The van der Waals surface area contributed by atoms with Crippen LogP contribution in [0.5, 0.6) is 11.5 Å². The maximum absolute atomic E-state index is 8.97. The van der Waals surface area contributed by atoms with E-state index >= 15 is 0 Å². The Bertz CT molecular complexity index is 237. The van der Waals surface area contributed by atoms with Crippen LogP contribution in [0, 0.1) is 0 Å². The Hall–Kier alpha value is -0.480. The molecule has 0 heterocycles. The van der Waals surface area contributed by atoms with Crippen LogP contribution < -0.4 is 0 Å². The lowest BCUT2D eigenvalue weighted by atomic mass is 10.3. The van der Waals surface area contributed by atoms with Gasteiger partial charge >= 0.3 is 0 Å². The number of hydrogen-bond donors (Lipinski definition) is 4. The van der Waals surface area contributed by atoms with Gasteiger partial charge in [-0.2, -0.15) is 0 Å². The molecule has 2 nitrogen and oxygen atoms in total. The van der Waals surface area contributed by atoms with Crippen LogP contribution in [0.15, 0.2) is 21.9 Å². The number of hydrogen-bond acceptors (Lipinski definition) is 4. The fraction of sp³-hybridized carbons (Fsp3) is 0. The van der Waals surface area contributed by atoms with E-state index in [1.54, 1.807) is 6.07 Å². The Morgan fingerprint density at radius 1 is 1.10 bits per heavy atom. The summed E-state index contributed by atoms with van der Waals surface area (Å²) in [6.45, 7) is 0. The topological polar surface area (TPSA) is 40.5 Å². The molecule has 0 fully saturated rings. The summed E-state index contributed by atoms with van der Waals surface area (Å²) in [5.74, 6) is -0.404. The van der Waals surface area contributed by atoms with Gasteiger partial charge in [-0.05, 0) is 12.1 Å². The monoisotopic (exact) mass is 174 g/mol. The van der Waals surface area contributed by atoms with Crippen LogP contribution in [-0.4, -0.2) is 10.2 Å². The summed E-state index contributed by atoms with van der Waals surface area (Å²) in [5.41, 5.74) is 0. The molecule has 0 unspecified atom stereocenters. The van der Waals surface area contributed by atoms with Crippen LogP contribution >= 0.6 is 25.3 Å². The third-order valence-electron chi connectivity index (χ3n) is 1.05. The molecule has 1 aromatic rings. The molecular formula is C6H6O2S2. The quantitative estimate of drug-likeness (QED) is 0.357. The number of phenolic OH excluding ortho intramolecular Hbond substituents is 2. The predicted octanol–water partition coefficient (Wildman–Crippen LogP) is 1.68. The van der Waals surface area contributed by atoms with Crippen LogP contribution in [0.25, 0.3) is 0 Å². The fourth-order valence-corrected chi connectivity index (χ4v) is 1.20. The van der Waals surface area contributed by atoms with Crippen molar-refractivity contribution in [2.75, 3.05) is 0 Å². The first-order chi connectivity index (χ1) is 4.61. The van der Waals surface area contributed by atoms with Crippen LogP contribution in [0.3, 0.4) is 0 Å². The lowest BCUT2D eigenvalue weighted by Crippen LogP contribution is -1.72. The standard InChI is InChI=1S/C6H6O2S2/c7-4-1-3(9)2-5(10)6(4)8/h1-2,7-10H. The molecule has 0 radical (unpaired) electrons. The second kappa shape index (κ2) is 2.64. The summed E-state index contributed by atoms with van der Waals surface area (Å²) in [6.07, 6.45) is 0. The lowest BCUT2D eigenvalue weighted by Gasteiger charge is -2.00. The SMILES string of the molecule is Oc1cc(S)cc(S)c1O. The fourth-order valence-electron chi connectivity index (χ4n) is 0.590. The molecule has 1 rings (SSSR count). The molecule has 0 aromatic heterocycles. The highest BCUT2D eigenvalue weighted by Gasteiger charge is 2.03. The first-order valence-electron chi connectivity index (χ1n) is 2.55. The molecule has 0 saturated carbocycles. The second-order valence-electron chi connectivity index (χ2n) is 1.83. The minimum atomic E-state index is -0.207.